The van der Waals surface area contributed by atoms with Crippen molar-refractivity contribution in [1.82, 2.24) is 10.1 Å². The fraction of sp³-hybridized carbons (Fsp3) is 0.133. The Labute approximate surface area is 139 Å². The fourth-order valence-corrected chi connectivity index (χ4v) is 2.96. The van der Waals surface area contributed by atoms with Gasteiger partial charge in [-0.2, -0.15) is 4.98 Å². The van der Waals surface area contributed by atoms with Crippen LogP contribution in [0.25, 0.3) is 11.4 Å². The van der Waals surface area contributed by atoms with Crippen LogP contribution in [0.5, 0.6) is 0 Å². The van der Waals surface area contributed by atoms with Crippen molar-refractivity contribution in [2.75, 3.05) is 0 Å². The molecule has 0 amide bonds. The van der Waals surface area contributed by atoms with E-state index in [2.05, 4.69) is 26.1 Å². The first-order valence-corrected chi connectivity index (χ1v) is 8.05. The standard InChI is InChI=1S/C15H11BrN2O3S/c1-9-5-6-12(22-9)15(19)20-8-13-17-14(18-21-13)10-3-2-4-11(16)7-10/h2-7H,8H2,1H3. The zero-order valence-electron chi connectivity index (χ0n) is 11.6. The summed E-state index contributed by atoms with van der Waals surface area (Å²) in [6, 6.07) is 11.2. The molecule has 112 valence electrons. The van der Waals surface area contributed by atoms with E-state index in [1.54, 1.807) is 6.07 Å². The van der Waals surface area contributed by atoms with Gasteiger partial charge in [-0.1, -0.05) is 33.2 Å². The maximum Gasteiger partial charge on any atom is 0.348 e. The highest BCUT2D eigenvalue weighted by molar-refractivity contribution is 9.10. The minimum Gasteiger partial charge on any atom is -0.451 e. The predicted molar refractivity (Wildman–Crippen MR) is 85.6 cm³/mol. The van der Waals surface area contributed by atoms with E-state index < -0.39 is 0 Å². The van der Waals surface area contributed by atoms with Crippen LogP contribution in [0.1, 0.15) is 20.4 Å². The van der Waals surface area contributed by atoms with Crippen molar-refractivity contribution in [1.29, 1.82) is 0 Å². The Morgan fingerprint density at radius 2 is 2.23 bits per heavy atom. The molecule has 0 aliphatic rings. The molecule has 0 radical (unpaired) electrons. The van der Waals surface area contributed by atoms with E-state index in [0.717, 1.165) is 14.9 Å². The average Bonchev–Trinajstić information content (AvgIpc) is 3.14. The van der Waals surface area contributed by atoms with Crippen molar-refractivity contribution < 1.29 is 14.1 Å². The Balaban J connectivity index is 1.66. The number of ether oxygens (including phenoxy) is 1. The molecule has 3 aromatic rings. The quantitative estimate of drug-likeness (QED) is 0.635. The summed E-state index contributed by atoms with van der Waals surface area (Å²) < 4.78 is 11.2. The number of aromatic nitrogens is 2. The fourth-order valence-electron chi connectivity index (χ4n) is 1.80. The van der Waals surface area contributed by atoms with Crippen LogP contribution in [0, 0.1) is 6.92 Å². The number of thiophene rings is 1. The SMILES string of the molecule is Cc1ccc(C(=O)OCc2nc(-c3cccc(Br)c3)no2)s1. The minimum absolute atomic E-state index is 0.0449. The number of hydrogen-bond donors (Lipinski definition) is 0. The van der Waals surface area contributed by atoms with Crippen LogP contribution in [-0.4, -0.2) is 16.1 Å². The Kier molecular flexibility index (Phi) is 4.35. The lowest BCUT2D eigenvalue weighted by Gasteiger charge is -1.98. The van der Waals surface area contributed by atoms with Crippen molar-refractivity contribution in [3.63, 3.8) is 0 Å². The van der Waals surface area contributed by atoms with Gasteiger partial charge in [0.1, 0.15) is 4.88 Å². The lowest BCUT2D eigenvalue weighted by molar-refractivity contribution is 0.0435. The van der Waals surface area contributed by atoms with Crippen LogP contribution >= 0.6 is 27.3 Å². The largest absolute Gasteiger partial charge is 0.451 e. The molecule has 5 nitrogen and oxygen atoms in total. The molecule has 7 heteroatoms. The van der Waals surface area contributed by atoms with Crippen LogP contribution in [0.15, 0.2) is 45.4 Å². The molecule has 0 saturated carbocycles. The van der Waals surface area contributed by atoms with Crippen LogP contribution < -0.4 is 0 Å². The molecule has 0 spiro atoms. The second-order valence-corrected chi connectivity index (χ2v) is 6.71. The Hall–Kier alpha value is -1.99. The number of rotatable bonds is 4. The second-order valence-electron chi connectivity index (χ2n) is 4.51. The smallest absolute Gasteiger partial charge is 0.348 e. The number of nitrogens with zero attached hydrogens (tertiary/aromatic N) is 2. The number of esters is 1. The molecule has 0 bridgehead atoms. The van der Waals surface area contributed by atoms with E-state index in [1.165, 1.54) is 11.3 Å². The molecule has 0 aliphatic carbocycles. The molecule has 2 aromatic heterocycles. The van der Waals surface area contributed by atoms with Gasteiger partial charge < -0.3 is 9.26 Å². The monoisotopic (exact) mass is 378 g/mol. The molecule has 0 aliphatic heterocycles. The van der Waals surface area contributed by atoms with E-state index >= 15 is 0 Å². The molecular formula is C15H11BrN2O3S. The Morgan fingerprint density at radius 3 is 2.95 bits per heavy atom. The van der Waals surface area contributed by atoms with E-state index in [1.807, 2.05) is 37.3 Å². The summed E-state index contributed by atoms with van der Waals surface area (Å²) in [4.78, 5) is 17.7. The lowest BCUT2D eigenvalue weighted by atomic mass is 10.2. The molecule has 0 unspecified atom stereocenters. The molecule has 0 atom stereocenters. The summed E-state index contributed by atoms with van der Waals surface area (Å²) in [6.07, 6.45) is 0. The van der Waals surface area contributed by atoms with Crippen molar-refractivity contribution in [3.05, 3.63) is 56.5 Å². The number of benzene rings is 1. The van der Waals surface area contributed by atoms with Gasteiger partial charge in [0.25, 0.3) is 5.89 Å². The lowest BCUT2D eigenvalue weighted by Crippen LogP contribution is -2.03. The van der Waals surface area contributed by atoms with Crippen LogP contribution in [0.4, 0.5) is 0 Å². The van der Waals surface area contributed by atoms with Crippen LogP contribution in [0.2, 0.25) is 0 Å². The molecular weight excluding hydrogens is 368 g/mol. The van der Waals surface area contributed by atoms with Gasteiger partial charge in [0.2, 0.25) is 5.82 Å². The summed E-state index contributed by atoms with van der Waals surface area (Å²) in [5, 5.41) is 3.89. The summed E-state index contributed by atoms with van der Waals surface area (Å²) >= 11 is 4.78. The summed E-state index contributed by atoms with van der Waals surface area (Å²) in [6.45, 7) is 1.89. The zero-order chi connectivity index (χ0) is 15.5. The molecule has 0 saturated heterocycles. The highest BCUT2D eigenvalue weighted by Gasteiger charge is 2.13. The number of halogens is 1. The highest BCUT2D eigenvalue weighted by atomic mass is 79.9. The van der Waals surface area contributed by atoms with Crippen LogP contribution in [0.3, 0.4) is 0 Å². The summed E-state index contributed by atoms with van der Waals surface area (Å²) in [7, 11) is 0. The van der Waals surface area contributed by atoms with Gasteiger partial charge in [-0.25, -0.2) is 4.79 Å². The molecule has 0 fully saturated rings. The van der Waals surface area contributed by atoms with Crippen LogP contribution in [-0.2, 0) is 11.3 Å². The maximum absolute atomic E-state index is 11.8. The van der Waals surface area contributed by atoms with Crippen molar-refractivity contribution >= 4 is 33.2 Å². The first-order chi connectivity index (χ1) is 10.6. The second kappa shape index (κ2) is 6.41. The normalized spacial score (nSPS) is 10.6. The number of aryl methyl sites for hydroxylation is 1. The van der Waals surface area contributed by atoms with E-state index in [0.29, 0.717) is 10.7 Å². The number of carbonyl (C=O) groups is 1. The van der Waals surface area contributed by atoms with Gasteiger partial charge in [-0.05, 0) is 31.2 Å². The third-order valence-electron chi connectivity index (χ3n) is 2.82. The van der Waals surface area contributed by atoms with Crippen molar-refractivity contribution in [2.45, 2.75) is 13.5 Å². The number of hydrogen-bond acceptors (Lipinski definition) is 6. The van der Waals surface area contributed by atoms with Crippen molar-refractivity contribution in [3.8, 4) is 11.4 Å². The molecule has 2 heterocycles. The molecule has 1 aromatic carbocycles. The number of carbonyl (C=O) groups excluding carboxylic acids is 1. The third kappa shape index (κ3) is 3.42. The van der Waals surface area contributed by atoms with E-state index in [9.17, 15) is 4.79 Å². The average molecular weight is 379 g/mol. The van der Waals surface area contributed by atoms with Gasteiger partial charge in [0, 0.05) is 14.9 Å². The summed E-state index contributed by atoms with van der Waals surface area (Å²) in [5.74, 6) is 0.330. The van der Waals surface area contributed by atoms with Crippen molar-refractivity contribution in [2.24, 2.45) is 0 Å². The minimum atomic E-state index is -0.389. The topological polar surface area (TPSA) is 65.2 Å². The first-order valence-electron chi connectivity index (χ1n) is 6.44. The first kappa shape index (κ1) is 14.9. The maximum atomic E-state index is 11.8. The molecule has 0 N–H and O–H groups in total. The predicted octanol–water partition coefficient (Wildman–Crippen LogP) is 4.23. The third-order valence-corrected chi connectivity index (χ3v) is 4.29. The highest BCUT2D eigenvalue weighted by Crippen LogP contribution is 2.21. The zero-order valence-corrected chi connectivity index (χ0v) is 14.0. The van der Waals surface area contributed by atoms with E-state index in [4.69, 9.17) is 9.26 Å². The van der Waals surface area contributed by atoms with Gasteiger partial charge in [-0.15, -0.1) is 11.3 Å². The van der Waals surface area contributed by atoms with Gasteiger partial charge >= 0.3 is 5.97 Å². The Morgan fingerprint density at radius 1 is 1.36 bits per heavy atom. The van der Waals surface area contributed by atoms with Gasteiger partial charge in [0.15, 0.2) is 6.61 Å². The molecule has 3 rings (SSSR count). The van der Waals surface area contributed by atoms with E-state index in [-0.39, 0.29) is 18.5 Å². The van der Waals surface area contributed by atoms with Gasteiger partial charge in [-0.3, -0.25) is 0 Å². The van der Waals surface area contributed by atoms with Gasteiger partial charge in [0.05, 0.1) is 0 Å². The summed E-state index contributed by atoms with van der Waals surface area (Å²) in [5.41, 5.74) is 0.824. The molecule has 22 heavy (non-hydrogen) atoms. The Bertz CT molecular complexity index is 812.